The van der Waals surface area contributed by atoms with Crippen molar-refractivity contribution in [3.8, 4) is 0 Å². The standard InChI is InChI=1S/C10H15NO/c1-7-3-4-9(6-8(2)12)10(11)5-7/h3-5,8,12H,6,11H2,1-2H3. The molecule has 0 heterocycles. The van der Waals surface area contributed by atoms with Crippen LogP contribution in [0.2, 0.25) is 0 Å². The summed E-state index contributed by atoms with van der Waals surface area (Å²) in [5.74, 6) is 0. The summed E-state index contributed by atoms with van der Waals surface area (Å²) < 4.78 is 0. The lowest BCUT2D eigenvalue weighted by Gasteiger charge is -2.07. The lowest BCUT2D eigenvalue weighted by atomic mass is 10.0. The van der Waals surface area contributed by atoms with Gasteiger partial charge in [-0.25, -0.2) is 0 Å². The predicted molar refractivity (Wildman–Crippen MR) is 51.0 cm³/mol. The SMILES string of the molecule is Cc1ccc(CC(C)O)c(N)c1. The highest BCUT2D eigenvalue weighted by Crippen LogP contribution is 2.15. The second kappa shape index (κ2) is 3.59. The molecule has 1 aromatic carbocycles. The van der Waals surface area contributed by atoms with Gasteiger partial charge >= 0.3 is 0 Å². The number of aryl methyl sites for hydroxylation is 1. The maximum Gasteiger partial charge on any atom is 0.0553 e. The molecule has 0 spiro atoms. The molecular weight excluding hydrogens is 150 g/mol. The third-order valence-electron chi connectivity index (χ3n) is 1.82. The number of hydrogen-bond donors (Lipinski definition) is 2. The van der Waals surface area contributed by atoms with Gasteiger partial charge in [-0.05, 0) is 31.0 Å². The Bertz CT molecular complexity index is 269. The van der Waals surface area contributed by atoms with E-state index in [1.54, 1.807) is 6.92 Å². The van der Waals surface area contributed by atoms with Gasteiger partial charge in [0.1, 0.15) is 0 Å². The van der Waals surface area contributed by atoms with Crippen LogP contribution in [-0.2, 0) is 6.42 Å². The average molecular weight is 165 g/mol. The molecule has 0 saturated carbocycles. The molecule has 2 heteroatoms. The molecule has 66 valence electrons. The lowest BCUT2D eigenvalue weighted by Crippen LogP contribution is -2.06. The molecular formula is C10H15NO. The smallest absolute Gasteiger partial charge is 0.0553 e. The number of aliphatic hydroxyl groups is 1. The quantitative estimate of drug-likeness (QED) is 0.652. The van der Waals surface area contributed by atoms with Gasteiger partial charge < -0.3 is 10.8 Å². The van der Waals surface area contributed by atoms with E-state index in [1.807, 2.05) is 25.1 Å². The first-order valence-corrected chi connectivity index (χ1v) is 4.12. The number of rotatable bonds is 2. The number of anilines is 1. The first-order valence-electron chi connectivity index (χ1n) is 4.12. The van der Waals surface area contributed by atoms with Crippen LogP contribution in [0, 0.1) is 6.92 Å². The summed E-state index contributed by atoms with van der Waals surface area (Å²) in [6, 6.07) is 5.91. The van der Waals surface area contributed by atoms with Crippen molar-refractivity contribution in [2.24, 2.45) is 0 Å². The number of nitrogens with two attached hydrogens (primary N) is 1. The Morgan fingerprint density at radius 3 is 2.67 bits per heavy atom. The number of benzene rings is 1. The molecule has 1 rings (SSSR count). The number of hydrogen-bond acceptors (Lipinski definition) is 2. The molecule has 3 N–H and O–H groups in total. The lowest BCUT2D eigenvalue weighted by molar-refractivity contribution is 0.195. The highest BCUT2D eigenvalue weighted by molar-refractivity contribution is 5.49. The van der Waals surface area contributed by atoms with Crippen molar-refractivity contribution in [3.05, 3.63) is 29.3 Å². The molecule has 0 amide bonds. The highest BCUT2D eigenvalue weighted by atomic mass is 16.3. The third-order valence-corrected chi connectivity index (χ3v) is 1.82. The fourth-order valence-corrected chi connectivity index (χ4v) is 1.22. The molecule has 1 unspecified atom stereocenters. The van der Waals surface area contributed by atoms with Gasteiger partial charge in [-0.1, -0.05) is 12.1 Å². The maximum atomic E-state index is 9.14. The van der Waals surface area contributed by atoms with Crippen LogP contribution < -0.4 is 5.73 Å². The van der Waals surface area contributed by atoms with Crippen molar-refractivity contribution in [2.45, 2.75) is 26.4 Å². The molecule has 0 aliphatic heterocycles. The molecule has 0 aliphatic carbocycles. The van der Waals surface area contributed by atoms with Gasteiger partial charge in [-0.2, -0.15) is 0 Å². The van der Waals surface area contributed by atoms with Crippen molar-refractivity contribution in [3.63, 3.8) is 0 Å². The Morgan fingerprint density at radius 2 is 2.17 bits per heavy atom. The van der Waals surface area contributed by atoms with Crippen LogP contribution in [-0.4, -0.2) is 11.2 Å². The Morgan fingerprint density at radius 1 is 1.50 bits per heavy atom. The van der Waals surface area contributed by atoms with Crippen LogP contribution in [0.5, 0.6) is 0 Å². The van der Waals surface area contributed by atoms with Crippen molar-refractivity contribution >= 4 is 5.69 Å². The summed E-state index contributed by atoms with van der Waals surface area (Å²) >= 11 is 0. The Kier molecular flexibility index (Phi) is 2.71. The third kappa shape index (κ3) is 2.24. The van der Waals surface area contributed by atoms with Crippen LogP contribution in [0.3, 0.4) is 0 Å². The minimum atomic E-state index is -0.324. The zero-order valence-corrected chi connectivity index (χ0v) is 7.54. The van der Waals surface area contributed by atoms with Gasteiger partial charge in [0.15, 0.2) is 0 Å². The molecule has 0 radical (unpaired) electrons. The van der Waals surface area contributed by atoms with Crippen LogP contribution in [0.15, 0.2) is 18.2 Å². The van der Waals surface area contributed by atoms with Gasteiger partial charge in [0.25, 0.3) is 0 Å². The summed E-state index contributed by atoms with van der Waals surface area (Å²) in [7, 11) is 0. The Hall–Kier alpha value is -1.02. The molecule has 0 saturated heterocycles. The largest absolute Gasteiger partial charge is 0.398 e. The van der Waals surface area contributed by atoms with E-state index in [-0.39, 0.29) is 6.10 Å². The first-order chi connectivity index (χ1) is 5.59. The van der Waals surface area contributed by atoms with E-state index < -0.39 is 0 Å². The fraction of sp³-hybridized carbons (Fsp3) is 0.400. The molecule has 12 heavy (non-hydrogen) atoms. The first kappa shape index (κ1) is 9.07. The summed E-state index contributed by atoms with van der Waals surface area (Å²) in [5.41, 5.74) is 8.71. The predicted octanol–water partition coefficient (Wildman–Crippen LogP) is 1.50. The molecule has 0 fully saturated rings. The summed E-state index contributed by atoms with van der Waals surface area (Å²) in [6.45, 7) is 3.77. The number of nitrogen functional groups attached to an aromatic ring is 1. The van der Waals surface area contributed by atoms with Crippen LogP contribution in [0.1, 0.15) is 18.1 Å². The maximum absolute atomic E-state index is 9.14. The van der Waals surface area contributed by atoms with Crippen molar-refractivity contribution in [1.29, 1.82) is 0 Å². The summed E-state index contributed by atoms with van der Waals surface area (Å²) in [4.78, 5) is 0. The topological polar surface area (TPSA) is 46.2 Å². The van der Waals surface area contributed by atoms with Crippen LogP contribution >= 0.6 is 0 Å². The average Bonchev–Trinajstić information content (AvgIpc) is 1.94. The molecule has 1 aromatic rings. The zero-order chi connectivity index (χ0) is 9.14. The van der Waals surface area contributed by atoms with Crippen molar-refractivity contribution in [2.75, 3.05) is 5.73 Å². The van der Waals surface area contributed by atoms with E-state index in [0.717, 1.165) is 16.8 Å². The van der Waals surface area contributed by atoms with Crippen molar-refractivity contribution in [1.82, 2.24) is 0 Å². The summed E-state index contributed by atoms with van der Waals surface area (Å²) in [6.07, 6.45) is 0.307. The second-order valence-corrected chi connectivity index (χ2v) is 3.26. The van der Waals surface area contributed by atoms with Gasteiger partial charge in [0.05, 0.1) is 6.10 Å². The van der Waals surface area contributed by atoms with Crippen LogP contribution in [0.4, 0.5) is 5.69 Å². The molecule has 1 atom stereocenters. The van der Waals surface area contributed by atoms with E-state index in [4.69, 9.17) is 10.8 Å². The molecule has 0 bridgehead atoms. The van der Waals surface area contributed by atoms with Gasteiger partial charge in [-0.15, -0.1) is 0 Å². The Balaban J connectivity index is 2.86. The summed E-state index contributed by atoms with van der Waals surface area (Å²) in [5, 5.41) is 9.14. The van der Waals surface area contributed by atoms with Crippen LogP contribution in [0.25, 0.3) is 0 Å². The molecule has 0 aromatic heterocycles. The second-order valence-electron chi connectivity index (χ2n) is 3.26. The fourth-order valence-electron chi connectivity index (χ4n) is 1.22. The molecule has 2 nitrogen and oxygen atoms in total. The van der Waals surface area contributed by atoms with E-state index >= 15 is 0 Å². The van der Waals surface area contributed by atoms with E-state index in [2.05, 4.69) is 0 Å². The Labute approximate surface area is 73.0 Å². The van der Waals surface area contributed by atoms with E-state index in [0.29, 0.717) is 6.42 Å². The minimum Gasteiger partial charge on any atom is -0.398 e. The van der Waals surface area contributed by atoms with E-state index in [9.17, 15) is 0 Å². The minimum absolute atomic E-state index is 0.324. The van der Waals surface area contributed by atoms with Crippen molar-refractivity contribution < 1.29 is 5.11 Å². The van der Waals surface area contributed by atoms with Gasteiger partial charge in [0, 0.05) is 12.1 Å². The van der Waals surface area contributed by atoms with E-state index in [1.165, 1.54) is 0 Å². The van der Waals surface area contributed by atoms with Gasteiger partial charge in [0.2, 0.25) is 0 Å². The normalized spacial score (nSPS) is 12.9. The molecule has 0 aliphatic rings. The van der Waals surface area contributed by atoms with Gasteiger partial charge in [-0.3, -0.25) is 0 Å². The number of aliphatic hydroxyl groups excluding tert-OH is 1. The highest BCUT2D eigenvalue weighted by Gasteiger charge is 2.02. The zero-order valence-electron chi connectivity index (χ0n) is 7.54. The monoisotopic (exact) mass is 165 g/mol.